The molecule has 0 radical (unpaired) electrons. The lowest BCUT2D eigenvalue weighted by molar-refractivity contribution is 0.603. The zero-order valence-corrected chi connectivity index (χ0v) is 9.75. The van der Waals surface area contributed by atoms with Crippen molar-refractivity contribution < 1.29 is 0 Å². The van der Waals surface area contributed by atoms with Crippen molar-refractivity contribution in [1.29, 1.82) is 0 Å². The van der Waals surface area contributed by atoms with Gasteiger partial charge in [0.25, 0.3) is 0 Å². The van der Waals surface area contributed by atoms with E-state index < -0.39 is 0 Å². The van der Waals surface area contributed by atoms with Crippen LogP contribution in [0.4, 0.5) is 0 Å². The number of hydrogen-bond donors (Lipinski definition) is 1. The van der Waals surface area contributed by atoms with Crippen LogP contribution in [0.2, 0.25) is 0 Å². The van der Waals surface area contributed by atoms with Crippen molar-refractivity contribution in [3.8, 4) is 0 Å². The number of benzene rings is 1. The van der Waals surface area contributed by atoms with Crippen LogP contribution < -0.4 is 5.32 Å². The van der Waals surface area contributed by atoms with Gasteiger partial charge in [-0.3, -0.25) is 0 Å². The Morgan fingerprint density at radius 2 is 2.08 bits per heavy atom. The van der Waals surface area contributed by atoms with Crippen LogP contribution in [0, 0.1) is 3.57 Å². The molecule has 2 rings (SSSR count). The van der Waals surface area contributed by atoms with Gasteiger partial charge < -0.3 is 5.32 Å². The fourth-order valence-corrected chi connectivity index (χ4v) is 2.20. The standard InChI is InChI=1S/C11H14IN/c12-10-5-3-9(4-6-10)8-11-2-1-7-13-11/h3-6,11,13H,1-2,7-8H2. The molecule has 13 heavy (non-hydrogen) atoms. The molecule has 1 aliphatic heterocycles. The zero-order chi connectivity index (χ0) is 9.10. The summed E-state index contributed by atoms with van der Waals surface area (Å²) in [5, 5.41) is 3.52. The lowest BCUT2D eigenvalue weighted by Crippen LogP contribution is -2.23. The third-order valence-corrected chi connectivity index (χ3v) is 3.28. The minimum atomic E-state index is 0.722. The molecule has 1 atom stereocenters. The van der Waals surface area contributed by atoms with Gasteiger partial charge in [-0.2, -0.15) is 0 Å². The average molecular weight is 287 g/mol. The number of hydrogen-bond acceptors (Lipinski definition) is 1. The van der Waals surface area contributed by atoms with Crippen LogP contribution in [0.25, 0.3) is 0 Å². The molecular weight excluding hydrogens is 273 g/mol. The van der Waals surface area contributed by atoms with Crippen molar-refractivity contribution in [3.05, 3.63) is 33.4 Å². The SMILES string of the molecule is Ic1ccc(CC2CCCN2)cc1. The Hall–Kier alpha value is -0.0900. The average Bonchev–Trinajstić information content (AvgIpc) is 2.62. The van der Waals surface area contributed by atoms with Crippen LogP contribution in [0.5, 0.6) is 0 Å². The van der Waals surface area contributed by atoms with E-state index in [0.29, 0.717) is 0 Å². The first kappa shape index (κ1) is 9.46. The summed E-state index contributed by atoms with van der Waals surface area (Å²) in [5.41, 5.74) is 1.46. The maximum Gasteiger partial charge on any atom is 0.0130 e. The molecular formula is C11H14IN. The normalized spacial score (nSPS) is 22.1. The largest absolute Gasteiger partial charge is 0.314 e. The molecule has 0 amide bonds. The second-order valence-corrected chi connectivity index (χ2v) is 4.87. The first-order chi connectivity index (χ1) is 6.34. The molecule has 2 heteroatoms. The Balaban J connectivity index is 1.97. The Morgan fingerprint density at radius 3 is 2.69 bits per heavy atom. The first-order valence-corrected chi connectivity index (χ1v) is 5.90. The van der Waals surface area contributed by atoms with Crippen LogP contribution in [0.3, 0.4) is 0 Å². The summed E-state index contributed by atoms with van der Waals surface area (Å²) in [5.74, 6) is 0. The second kappa shape index (κ2) is 4.42. The highest BCUT2D eigenvalue weighted by Crippen LogP contribution is 2.13. The molecule has 0 aliphatic carbocycles. The monoisotopic (exact) mass is 287 g/mol. The van der Waals surface area contributed by atoms with Gasteiger partial charge in [0.2, 0.25) is 0 Å². The predicted molar refractivity (Wildman–Crippen MR) is 63.9 cm³/mol. The third kappa shape index (κ3) is 2.68. The fourth-order valence-electron chi connectivity index (χ4n) is 1.84. The van der Waals surface area contributed by atoms with E-state index in [9.17, 15) is 0 Å². The molecule has 1 heterocycles. The van der Waals surface area contributed by atoms with Crippen molar-refractivity contribution in [2.75, 3.05) is 6.54 Å². The van der Waals surface area contributed by atoms with Gasteiger partial charge >= 0.3 is 0 Å². The smallest absolute Gasteiger partial charge is 0.0130 e. The summed E-state index contributed by atoms with van der Waals surface area (Å²) in [6.07, 6.45) is 3.87. The van der Waals surface area contributed by atoms with Gasteiger partial charge in [-0.1, -0.05) is 12.1 Å². The Kier molecular flexibility index (Phi) is 3.22. The highest BCUT2D eigenvalue weighted by Gasteiger charge is 2.13. The van der Waals surface area contributed by atoms with E-state index in [0.717, 1.165) is 6.04 Å². The van der Waals surface area contributed by atoms with Crippen molar-refractivity contribution in [2.24, 2.45) is 0 Å². The molecule has 1 N–H and O–H groups in total. The molecule has 0 bridgehead atoms. The Morgan fingerprint density at radius 1 is 1.31 bits per heavy atom. The lowest BCUT2D eigenvalue weighted by Gasteiger charge is -2.09. The molecule has 1 unspecified atom stereocenters. The van der Waals surface area contributed by atoms with Crippen LogP contribution in [0.15, 0.2) is 24.3 Å². The first-order valence-electron chi connectivity index (χ1n) is 4.82. The van der Waals surface area contributed by atoms with Crippen molar-refractivity contribution >= 4 is 22.6 Å². The van der Waals surface area contributed by atoms with E-state index in [1.807, 2.05) is 0 Å². The van der Waals surface area contributed by atoms with Gasteiger partial charge in [0.15, 0.2) is 0 Å². The van der Waals surface area contributed by atoms with E-state index in [1.54, 1.807) is 0 Å². The fraction of sp³-hybridized carbons (Fsp3) is 0.455. The van der Waals surface area contributed by atoms with E-state index in [4.69, 9.17) is 0 Å². The van der Waals surface area contributed by atoms with E-state index >= 15 is 0 Å². The van der Waals surface area contributed by atoms with Crippen LogP contribution in [-0.2, 0) is 6.42 Å². The molecule has 1 aromatic rings. The molecule has 1 saturated heterocycles. The molecule has 0 saturated carbocycles. The Bertz CT molecular complexity index is 262. The summed E-state index contributed by atoms with van der Waals surface area (Å²) in [7, 11) is 0. The summed E-state index contributed by atoms with van der Waals surface area (Å²) < 4.78 is 1.32. The van der Waals surface area contributed by atoms with Crippen molar-refractivity contribution in [1.82, 2.24) is 5.32 Å². The highest BCUT2D eigenvalue weighted by atomic mass is 127. The highest BCUT2D eigenvalue weighted by molar-refractivity contribution is 14.1. The zero-order valence-electron chi connectivity index (χ0n) is 7.59. The topological polar surface area (TPSA) is 12.0 Å². The maximum absolute atomic E-state index is 3.52. The van der Waals surface area contributed by atoms with Gasteiger partial charge in [-0.25, -0.2) is 0 Å². The maximum atomic E-state index is 3.52. The van der Waals surface area contributed by atoms with Gasteiger partial charge in [-0.05, 0) is 66.1 Å². The molecule has 1 aliphatic rings. The second-order valence-electron chi connectivity index (χ2n) is 3.62. The van der Waals surface area contributed by atoms with Gasteiger partial charge in [0.05, 0.1) is 0 Å². The van der Waals surface area contributed by atoms with Crippen LogP contribution in [0.1, 0.15) is 18.4 Å². The van der Waals surface area contributed by atoms with Crippen molar-refractivity contribution in [2.45, 2.75) is 25.3 Å². The Labute approximate surface area is 93.1 Å². The third-order valence-electron chi connectivity index (χ3n) is 2.56. The van der Waals surface area contributed by atoms with Crippen LogP contribution in [-0.4, -0.2) is 12.6 Å². The number of nitrogens with one attached hydrogen (secondary N) is 1. The number of halogens is 1. The summed E-state index contributed by atoms with van der Waals surface area (Å²) in [6.45, 7) is 1.20. The molecule has 0 aromatic heterocycles. The van der Waals surface area contributed by atoms with Gasteiger partial charge in [-0.15, -0.1) is 0 Å². The molecule has 0 spiro atoms. The predicted octanol–water partition coefficient (Wildman–Crippen LogP) is 2.59. The van der Waals surface area contributed by atoms with Gasteiger partial charge in [0, 0.05) is 9.61 Å². The van der Waals surface area contributed by atoms with E-state index in [-0.39, 0.29) is 0 Å². The molecule has 1 aromatic carbocycles. The minimum Gasteiger partial charge on any atom is -0.314 e. The molecule has 70 valence electrons. The quantitative estimate of drug-likeness (QED) is 0.824. The lowest BCUT2D eigenvalue weighted by atomic mass is 10.1. The number of rotatable bonds is 2. The molecule has 1 fully saturated rings. The van der Waals surface area contributed by atoms with E-state index in [1.165, 1.54) is 34.9 Å². The van der Waals surface area contributed by atoms with Crippen LogP contribution >= 0.6 is 22.6 Å². The van der Waals surface area contributed by atoms with Crippen molar-refractivity contribution in [3.63, 3.8) is 0 Å². The van der Waals surface area contributed by atoms with Gasteiger partial charge in [0.1, 0.15) is 0 Å². The molecule has 1 nitrogen and oxygen atoms in total. The van der Waals surface area contributed by atoms with E-state index in [2.05, 4.69) is 52.2 Å². The summed E-state index contributed by atoms with van der Waals surface area (Å²) >= 11 is 2.35. The summed E-state index contributed by atoms with van der Waals surface area (Å²) in [4.78, 5) is 0. The minimum absolute atomic E-state index is 0.722. The summed E-state index contributed by atoms with van der Waals surface area (Å²) in [6, 6.07) is 9.57.